The van der Waals surface area contributed by atoms with E-state index in [0.717, 1.165) is 50.4 Å². The first-order valence-electron chi connectivity index (χ1n) is 14.1. The molecular formula is C29H36BrN2O5S+. The smallest absolute Gasteiger partial charge is 0.226 e. The van der Waals surface area contributed by atoms with Gasteiger partial charge in [0, 0.05) is 15.8 Å². The molecule has 3 saturated carbocycles. The zero-order valence-electron chi connectivity index (χ0n) is 21.8. The van der Waals surface area contributed by atoms with Crippen molar-refractivity contribution in [3.05, 3.63) is 44.9 Å². The second kappa shape index (κ2) is 8.71. The number of aromatic amines is 1. The molecule has 2 aromatic rings. The van der Waals surface area contributed by atoms with Crippen molar-refractivity contribution in [2.24, 2.45) is 29.1 Å². The third kappa shape index (κ3) is 3.33. The minimum Gasteiger partial charge on any atom is -0.393 e. The van der Waals surface area contributed by atoms with Crippen LogP contribution in [0.1, 0.15) is 60.0 Å². The Hall–Kier alpha value is -1.07. The lowest BCUT2D eigenvalue weighted by atomic mass is 9.48. The number of fused-ring (bicyclic) bond motifs is 8. The molecule has 38 heavy (non-hydrogen) atoms. The van der Waals surface area contributed by atoms with Gasteiger partial charge in [-0.3, -0.25) is 0 Å². The molecule has 0 radical (unpaired) electrons. The van der Waals surface area contributed by atoms with E-state index in [9.17, 15) is 5.11 Å². The largest absolute Gasteiger partial charge is 0.393 e. The highest BCUT2D eigenvalue weighted by Crippen LogP contribution is 2.66. The van der Waals surface area contributed by atoms with Crippen molar-refractivity contribution < 1.29 is 28.7 Å². The van der Waals surface area contributed by atoms with Gasteiger partial charge in [-0.05, 0) is 85.8 Å². The SMILES string of the molecule is C[C@]12Cc3c[n+](Cc4ccc(CBr)s4)[nH]c3C=C1CC[C@@H]1[C@@H]2[C@@H](O)CC2[C@H]1CC[C@@]21OCOC12COCO2. The molecule has 2 spiro atoms. The Balaban J connectivity index is 1.08. The topological polar surface area (TPSA) is 76.8 Å². The van der Waals surface area contributed by atoms with Crippen molar-refractivity contribution in [3.63, 3.8) is 0 Å². The number of nitrogens with one attached hydrogen (secondary N) is 1. The fourth-order valence-corrected chi connectivity index (χ4v) is 10.9. The predicted octanol–water partition coefficient (Wildman–Crippen LogP) is 4.51. The maximum Gasteiger partial charge on any atom is 0.226 e. The van der Waals surface area contributed by atoms with Crippen LogP contribution in [0, 0.1) is 29.1 Å². The number of halogens is 1. The quantitative estimate of drug-likeness (QED) is 0.399. The van der Waals surface area contributed by atoms with Gasteiger partial charge in [-0.25, -0.2) is 0 Å². The summed E-state index contributed by atoms with van der Waals surface area (Å²) in [4.78, 5) is 2.71. The lowest BCUT2D eigenvalue weighted by Gasteiger charge is -2.57. The van der Waals surface area contributed by atoms with Gasteiger partial charge in [0.05, 0.1) is 11.0 Å². The number of nitrogens with zero attached hydrogens (tertiary/aromatic N) is 1. The van der Waals surface area contributed by atoms with Crippen LogP contribution in [-0.4, -0.2) is 47.9 Å². The molecule has 2 aromatic heterocycles. The van der Waals surface area contributed by atoms with E-state index in [2.05, 4.69) is 57.0 Å². The number of aromatic nitrogens is 2. The molecule has 4 heterocycles. The molecule has 4 aliphatic carbocycles. The van der Waals surface area contributed by atoms with Gasteiger partial charge < -0.3 is 24.1 Å². The number of H-pyrrole nitrogens is 1. The summed E-state index contributed by atoms with van der Waals surface area (Å²) in [5, 5.41) is 16.5. The number of hydrogen-bond acceptors (Lipinski definition) is 6. The van der Waals surface area contributed by atoms with Gasteiger partial charge in [-0.1, -0.05) is 28.4 Å². The Morgan fingerprint density at radius 1 is 1.16 bits per heavy atom. The van der Waals surface area contributed by atoms with Gasteiger partial charge >= 0.3 is 0 Å². The van der Waals surface area contributed by atoms with Gasteiger partial charge in [0.15, 0.2) is 19.8 Å². The number of allylic oxidation sites excluding steroid dienone is 1. The zero-order valence-corrected chi connectivity index (χ0v) is 24.2. The molecule has 2 aliphatic heterocycles. The highest BCUT2D eigenvalue weighted by Gasteiger charge is 2.72. The van der Waals surface area contributed by atoms with E-state index in [1.807, 2.05) is 11.3 Å². The fraction of sp³-hybridized carbons (Fsp3) is 0.690. The summed E-state index contributed by atoms with van der Waals surface area (Å²) in [6.07, 6.45) is 10.3. The lowest BCUT2D eigenvalue weighted by Crippen LogP contribution is -2.61. The highest BCUT2D eigenvalue weighted by atomic mass is 79.9. The first-order valence-corrected chi connectivity index (χ1v) is 16.0. The molecule has 9 heteroatoms. The summed E-state index contributed by atoms with van der Waals surface area (Å²) in [5.74, 6) is 0.688. The number of ether oxygens (including phenoxy) is 4. The van der Waals surface area contributed by atoms with Crippen molar-refractivity contribution in [3.8, 4) is 0 Å². The number of rotatable bonds is 3. The Morgan fingerprint density at radius 2 is 2.03 bits per heavy atom. The third-order valence-corrected chi connectivity index (χ3v) is 13.0. The second-order valence-corrected chi connectivity index (χ2v) is 14.4. The van der Waals surface area contributed by atoms with E-state index in [4.69, 9.17) is 18.9 Å². The standard InChI is InChI=1S/C29H35BrN2O5S/c1-27-10-17-12-32(13-20-4-3-19(11-30)38-20)31-24(17)8-18(27)2-5-22-21-6-7-28(23(21)9-25(33)26(22)27)29(37-16-35-28)14-34-15-36-29/h3-4,8,12,21-23,25-26,33H,2,5-7,9-11,13-16H2,1H3/p+1/t21-,22-,23?,25-,26+,27-,28+,29?/m0/s1. The molecule has 6 aliphatic rings. The maximum atomic E-state index is 11.9. The van der Waals surface area contributed by atoms with Crippen LogP contribution in [0.3, 0.4) is 0 Å². The predicted molar refractivity (Wildman–Crippen MR) is 144 cm³/mol. The molecule has 2 unspecified atom stereocenters. The first kappa shape index (κ1) is 24.7. The van der Waals surface area contributed by atoms with Crippen molar-refractivity contribution in [2.75, 3.05) is 20.2 Å². The summed E-state index contributed by atoms with van der Waals surface area (Å²) in [6.45, 7) is 4.22. The molecule has 0 amide bonds. The lowest BCUT2D eigenvalue weighted by molar-refractivity contribution is -0.742. The zero-order chi connectivity index (χ0) is 25.7. The maximum absolute atomic E-state index is 11.9. The average Bonchev–Trinajstić information content (AvgIpc) is 3.72. The number of aliphatic hydroxyl groups is 1. The van der Waals surface area contributed by atoms with E-state index < -0.39 is 11.4 Å². The molecular weight excluding hydrogens is 568 g/mol. The molecule has 2 saturated heterocycles. The number of aliphatic hydroxyl groups excluding tert-OH is 1. The Kier molecular flexibility index (Phi) is 5.66. The molecule has 8 atom stereocenters. The molecule has 0 aromatic carbocycles. The molecule has 5 fully saturated rings. The molecule has 8 rings (SSSR count). The second-order valence-electron chi connectivity index (χ2n) is 12.6. The van der Waals surface area contributed by atoms with E-state index in [0.29, 0.717) is 18.4 Å². The summed E-state index contributed by atoms with van der Waals surface area (Å²) in [5.41, 5.74) is 3.59. The van der Waals surface area contributed by atoms with Gasteiger partial charge in [0.25, 0.3) is 0 Å². The van der Waals surface area contributed by atoms with Crippen LogP contribution in [-0.2, 0) is 37.2 Å². The van der Waals surface area contributed by atoms with Crippen LogP contribution in [0.2, 0.25) is 0 Å². The highest BCUT2D eigenvalue weighted by molar-refractivity contribution is 9.08. The summed E-state index contributed by atoms with van der Waals surface area (Å²) in [6, 6.07) is 4.44. The van der Waals surface area contributed by atoms with Crippen molar-refractivity contribution in [1.82, 2.24) is 5.10 Å². The number of alkyl halides is 1. The Labute approximate surface area is 235 Å². The Morgan fingerprint density at radius 3 is 2.84 bits per heavy atom. The van der Waals surface area contributed by atoms with Crippen LogP contribution >= 0.6 is 27.3 Å². The van der Waals surface area contributed by atoms with Crippen LogP contribution in [0.15, 0.2) is 23.9 Å². The number of thiophene rings is 1. The summed E-state index contributed by atoms with van der Waals surface area (Å²) in [7, 11) is 0. The van der Waals surface area contributed by atoms with Gasteiger partial charge in [-0.2, -0.15) is 5.10 Å². The third-order valence-electron chi connectivity index (χ3n) is 11.0. The van der Waals surface area contributed by atoms with Gasteiger partial charge in [-0.15, -0.1) is 16.0 Å². The van der Waals surface area contributed by atoms with Crippen LogP contribution in [0.4, 0.5) is 0 Å². The monoisotopic (exact) mass is 603 g/mol. The molecule has 204 valence electrons. The minimum absolute atomic E-state index is 0.0279. The molecule has 2 N–H and O–H groups in total. The van der Waals surface area contributed by atoms with Crippen LogP contribution < -0.4 is 4.68 Å². The number of hydrogen-bond donors (Lipinski definition) is 2. The fourth-order valence-electron chi connectivity index (χ4n) is 9.51. The normalized spacial score (nSPS) is 43.2. The molecule has 0 bridgehead atoms. The van der Waals surface area contributed by atoms with Crippen LogP contribution in [0.25, 0.3) is 6.08 Å². The van der Waals surface area contributed by atoms with Gasteiger partial charge in [0.1, 0.15) is 17.9 Å². The van der Waals surface area contributed by atoms with Crippen molar-refractivity contribution >= 4 is 33.3 Å². The van der Waals surface area contributed by atoms with Crippen molar-refractivity contribution in [1.29, 1.82) is 0 Å². The summed E-state index contributed by atoms with van der Waals surface area (Å²) >= 11 is 5.43. The molecule has 7 nitrogen and oxygen atoms in total. The first-order chi connectivity index (χ1) is 18.4. The minimum atomic E-state index is -0.807. The van der Waals surface area contributed by atoms with Crippen LogP contribution in [0.5, 0.6) is 0 Å². The van der Waals surface area contributed by atoms with E-state index in [1.165, 1.54) is 26.6 Å². The average molecular weight is 605 g/mol. The van der Waals surface area contributed by atoms with E-state index in [1.54, 1.807) is 0 Å². The summed E-state index contributed by atoms with van der Waals surface area (Å²) < 4.78 is 26.5. The van der Waals surface area contributed by atoms with E-state index in [-0.39, 0.29) is 36.9 Å². The van der Waals surface area contributed by atoms with Gasteiger partial charge in [0.2, 0.25) is 12.3 Å². The Bertz CT molecular complexity index is 1280. The van der Waals surface area contributed by atoms with E-state index >= 15 is 0 Å². The van der Waals surface area contributed by atoms with Crippen molar-refractivity contribution in [2.45, 2.75) is 74.8 Å².